The van der Waals surface area contributed by atoms with Crippen LogP contribution in [0.1, 0.15) is 31.7 Å². The Morgan fingerprint density at radius 3 is 2.38 bits per heavy atom. The summed E-state index contributed by atoms with van der Waals surface area (Å²) in [6.45, 7) is 4.17. The highest BCUT2D eigenvalue weighted by molar-refractivity contribution is 7.93. The van der Waals surface area contributed by atoms with Crippen molar-refractivity contribution < 1.29 is 13.2 Å². The second kappa shape index (κ2) is 8.13. The van der Waals surface area contributed by atoms with Crippen LogP contribution >= 0.6 is 0 Å². The van der Waals surface area contributed by atoms with Crippen LogP contribution in [-0.4, -0.2) is 33.5 Å². The van der Waals surface area contributed by atoms with Gasteiger partial charge in [-0.25, -0.2) is 8.42 Å². The number of hydrogen-bond acceptors (Lipinski definition) is 4. The van der Waals surface area contributed by atoms with Gasteiger partial charge in [-0.2, -0.15) is 0 Å². The first-order valence-electron chi connectivity index (χ1n) is 11.1. The second-order valence-corrected chi connectivity index (χ2v) is 10.3. The van der Waals surface area contributed by atoms with Crippen LogP contribution in [0.5, 0.6) is 0 Å². The highest BCUT2D eigenvalue weighted by Gasteiger charge is 2.40. The Morgan fingerprint density at radius 1 is 0.969 bits per heavy atom. The SMILES string of the molecule is C[C@@H](C(=O)NCc1ccc(N2CCCCC2)cc1)N1c2cccc3cccc(c23)S1(=O)=O. The fourth-order valence-corrected chi connectivity index (χ4v) is 6.62. The molecule has 2 heterocycles. The van der Waals surface area contributed by atoms with Gasteiger partial charge in [0.1, 0.15) is 6.04 Å². The molecular formula is C25H27N3O3S. The molecule has 166 valence electrons. The molecule has 1 fully saturated rings. The van der Waals surface area contributed by atoms with Crippen LogP contribution in [0.4, 0.5) is 11.4 Å². The van der Waals surface area contributed by atoms with Gasteiger partial charge in [0.05, 0.1) is 10.6 Å². The summed E-state index contributed by atoms with van der Waals surface area (Å²) in [7, 11) is -3.78. The standard InChI is InChI=1S/C25H27N3O3S/c1-18(28-22-9-5-7-20-8-6-10-23(24(20)22)32(28,30)31)25(29)26-17-19-11-13-21(14-12-19)27-15-3-2-4-16-27/h5-14,18H,2-4,15-17H2,1H3,(H,26,29)/t18-/m0/s1. The number of rotatable bonds is 5. The number of benzene rings is 3. The van der Waals surface area contributed by atoms with Crippen molar-refractivity contribution in [2.75, 3.05) is 22.3 Å². The summed E-state index contributed by atoms with van der Waals surface area (Å²) in [6, 6.07) is 18.1. The minimum atomic E-state index is -3.78. The van der Waals surface area contributed by atoms with Crippen LogP contribution in [0.15, 0.2) is 65.6 Å². The highest BCUT2D eigenvalue weighted by atomic mass is 32.2. The van der Waals surface area contributed by atoms with Crippen LogP contribution in [0.3, 0.4) is 0 Å². The number of piperidine rings is 1. The van der Waals surface area contributed by atoms with E-state index in [4.69, 9.17) is 0 Å². The van der Waals surface area contributed by atoms with E-state index in [1.165, 1.54) is 29.3 Å². The predicted octanol–water partition coefficient (Wildman–Crippen LogP) is 4.04. The molecule has 0 aromatic heterocycles. The molecule has 6 nitrogen and oxygen atoms in total. The van der Waals surface area contributed by atoms with Crippen LogP contribution in [0, 0.1) is 0 Å². The molecule has 5 rings (SSSR count). The lowest BCUT2D eigenvalue weighted by molar-refractivity contribution is -0.122. The largest absolute Gasteiger partial charge is 0.372 e. The maximum Gasteiger partial charge on any atom is 0.265 e. The van der Waals surface area contributed by atoms with E-state index in [0.29, 0.717) is 17.6 Å². The van der Waals surface area contributed by atoms with Crippen molar-refractivity contribution in [3.8, 4) is 0 Å². The molecule has 32 heavy (non-hydrogen) atoms. The number of nitrogens with one attached hydrogen (secondary N) is 1. The molecule has 1 N–H and O–H groups in total. The average molecular weight is 450 g/mol. The van der Waals surface area contributed by atoms with E-state index in [1.54, 1.807) is 25.1 Å². The van der Waals surface area contributed by atoms with Gasteiger partial charge in [-0.15, -0.1) is 0 Å². The minimum absolute atomic E-state index is 0.263. The van der Waals surface area contributed by atoms with Gasteiger partial charge in [-0.3, -0.25) is 9.10 Å². The normalized spacial score (nSPS) is 18.0. The zero-order valence-corrected chi connectivity index (χ0v) is 18.9. The lowest BCUT2D eigenvalue weighted by atomic mass is 10.1. The predicted molar refractivity (Wildman–Crippen MR) is 127 cm³/mol. The van der Waals surface area contributed by atoms with Gasteiger partial charge in [0.15, 0.2) is 0 Å². The summed E-state index contributed by atoms with van der Waals surface area (Å²) in [5.41, 5.74) is 2.76. The van der Waals surface area contributed by atoms with E-state index in [2.05, 4.69) is 22.3 Å². The second-order valence-electron chi connectivity index (χ2n) is 8.54. The van der Waals surface area contributed by atoms with Crippen molar-refractivity contribution >= 4 is 38.1 Å². The monoisotopic (exact) mass is 449 g/mol. The molecule has 3 aromatic rings. The number of hydrogen-bond donors (Lipinski definition) is 1. The van der Waals surface area contributed by atoms with Gasteiger partial charge >= 0.3 is 0 Å². The Hall–Kier alpha value is -3.06. The number of sulfonamides is 1. The molecule has 2 aliphatic heterocycles. The summed E-state index contributed by atoms with van der Waals surface area (Å²) < 4.78 is 27.7. The molecule has 0 aliphatic carbocycles. The Kier molecular flexibility index (Phi) is 5.29. The molecule has 3 aromatic carbocycles. The maximum absolute atomic E-state index is 13.2. The van der Waals surface area contributed by atoms with Gasteiger partial charge in [-0.05, 0) is 61.4 Å². The van der Waals surface area contributed by atoms with E-state index in [-0.39, 0.29) is 10.8 Å². The summed E-state index contributed by atoms with van der Waals surface area (Å²) >= 11 is 0. The highest BCUT2D eigenvalue weighted by Crippen LogP contribution is 2.43. The third-order valence-corrected chi connectivity index (χ3v) is 8.40. The Bertz CT molecular complexity index is 1260. The fraction of sp³-hybridized carbons (Fsp3) is 0.320. The van der Waals surface area contributed by atoms with Crippen LogP contribution in [-0.2, 0) is 21.4 Å². The van der Waals surface area contributed by atoms with E-state index in [1.807, 2.05) is 30.3 Å². The third kappa shape index (κ3) is 3.50. The van der Waals surface area contributed by atoms with Crippen LogP contribution in [0.2, 0.25) is 0 Å². The zero-order chi connectivity index (χ0) is 22.3. The molecule has 0 bridgehead atoms. The first-order valence-corrected chi connectivity index (χ1v) is 12.6. The molecule has 1 saturated heterocycles. The molecule has 0 saturated carbocycles. The van der Waals surface area contributed by atoms with Crippen molar-refractivity contribution in [2.45, 2.75) is 43.7 Å². The average Bonchev–Trinajstić information content (AvgIpc) is 3.06. The topological polar surface area (TPSA) is 69.7 Å². The molecular weight excluding hydrogens is 422 g/mol. The number of amides is 1. The van der Waals surface area contributed by atoms with Gasteiger partial charge in [0, 0.05) is 30.7 Å². The van der Waals surface area contributed by atoms with E-state index in [9.17, 15) is 13.2 Å². The Labute approximate surface area is 188 Å². The smallest absolute Gasteiger partial charge is 0.265 e. The van der Waals surface area contributed by atoms with Gasteiger partial charge in [-0.1, -0.05) is 36.4 Å². The molecule has 0 radical (unpaired) electrons. The lowest BCUT2D eigenvalue weighted by Crippen LogP contribution is -2.46. The summed E-state index contributed by atoms with van der Waals surface area (Å²) in [6.07, 6.45) is 3.75. The number of carbonyl (C=O) groups is 1. The first kappa shape index (κ1) is 20.8. The summed E-state index contributed by atoms with van der Waals surface area (Å²) in [5.74, 6) is -0.321. The molecule has 1 atom stereocenters. The summed E-state index contributed by atoms with van der Waals surface area (Å²) in [5, 5.41) is 4.45. The van der Waals surface area contributed by atoms with E-state index in [0.717, 1.165) is 24.0 Å². The minimum Gasteiger partial charge on any atom is -0.372 e. The number of nitrogens with zero attached hydrogens (tertiary/aromatic N) is 2. The van der Waals surface area contributed by atoms with Crippen molar-refractivity contribution in [1.82, 2.24) is 5.32 Å². The van der Waals surface area contributed by atoms with Gasteiger partial charge in [0.25, 0.3) is 10.0 Å². The van der Waals surface area contributed by atoms with Gasteiger partial charge in [0.2, 0.25) is 5.91 Å². The van der Waals surface area contributed by atoms with E-state index < -0.39 is 16.1 Å². The molecule has 7 heteroatoms. The van der Waals surface area contributed by atoms with Crippen molar-refractivity contribution in [3.05, 3.63) is 66.2 Å². The summed E-state index contributed by atoms with van der Waals surface area (Å²) in [4.78, 5) is 15.6. The molecule has 1 amide bonds. The quantitative estimate of drug-likeness (QED) is 0.638. The Morgan fingerprint density at radius 2 is 1.66 bits per heavy atom. The first-order chi connectivity index (χ1) is 15.5. The number of anilines is 2. The number of carbonyl (C=O) groups excluding carboxylic acids is 1. The molecule has 0 unspecified atom stereocenters. The zero-order valence-electron chi connectivity index (χ0n) is 18.1. The fourth-order valence-electron chi connectivity index (χ4n) is 4.76. The van der Waals surface area contributed by atoms with Crippen LogP contribution < -0.4 is 14.5 Å². The Balaban J connectivity index is 1.30. The van der Waals surface area contributed by atoms with Crippen molar-refractivity contribution in [1.29, 1.82) is 0 Å². The van der Waals surface area contributed by atoms with Crippen molar-refractivity contribution in [2.24, 2.45) is 0 Å². The third-order valence-electron chi connectivity index (χ3n) is 6.47. The van der Waals surface area contributed by atoms with Crippen molar-refractivity contribution in [3.63, 3.8) is 0 Å². The maximum atomic E-state index is 13.2. The van der Waals surface area contributed by atoms with E-state index >= 15 is 0 Å². The van der Waals surface area contributed by atoms with Crippen LogP contribution in [0.25, 0.3) is 10.8 Å². The molecule has 2 aliphatic rings. The van der Waals surface area contributed by atoms with Gasteiger partial charge < -0.3 is 10.2 Å². The molecule has 0 spiro atoms. The lowest BCUT2D eigenvalue weighted by Gasteiger charge is -2.29.